The number of carbonyl (C=O) groups excluding carboxylic acids is 1. The first-order valence-corrected chi connectivity index (χ1v) is 6.24. The second-order valence-corrected chi connectivity index (χ2v) is 5.17. The van der Waals surface area contributed by atoms with Gasteiger partial charge in [-0.25, -0.2) is 0 Å². The third kappa shape index (κ3) is 1.64. The van der Waals surface area contributed by atoms with E-state index in [0.717, 1.165) is 0 Å². The summed E-state index contributed by atoms with van der Waals surface area (Å²) < 4.78 is 0. The lowest BCUT2D eigenvalue weighted by atomic mass is 9.93. The molecule has 1 aromatic rings. The van der Waals surface area contributed by atoms with Gasteiger partial charge in [0.25, 0.3) is 0 Å². The first-order valence-electron chi connectivity index (χ1n) is 5.48. The summed E-state index contributed by atoms with van der Waals surface area (Å²) >= 11 is 12.2. The third-order valence-electron chi connectivity index (χ3n) is 3.25. The zero-order chi connectivity index (χ0) is 12.9. The number of hydrogen-bond donors (Lipinski definition) is 1. The van der Waals surface area contributed by atoms with Crippen LogP contribution < -0.4 is 0 Å². The molecule has 0 bridgehead atoms. The van der Waals surface area contributed by atoms with Crippen molar-refractivity contribution in [3.8, 4) is 0 Å². The number of ketones is 1. The predicted octanol–water partition coefficient (Wildman–Crippen LogP) is 2.05. The number of benzene rings is 1. The van der Waals surface area contributed by atoms with E-state index in [-0.39, 0.29) is 12.2 Å². The Bertz CT molecular complexity index is 538. The van der Waals surface area contributed by atoms with Crippen LogP contribution in [0, 0.1) is 5.92 Å². The lowest BCUT2D eigenvalue weighted by Crippen LogP contribution is -2.28. The molecule has 1 aliphatic heterocycles. The molecule has 0 aromatic heterocycles. The van der Waals surface area contributed by atoms with Gasteiger partial charge in [0, 0.05) is 12.0 Å². The standard InChI is InChI=1S/C12H9Cl2NO3/c13-5-2-1-3-6(14)9(5)11-10-7(16)4-8(17)12(10)18-15-11/h1-3,8,10,12,17H,4H2/t8-,10+,12+/m1/s1. The number of Topliss-reactive ketones (excluding diaryl/α,β-unsaturated/α-hetero) is 1. The van der Waals surface area contributed by atoms with Crippen LogP contribution in [0.5, 0.6) is 0 Å². The minimum absolute atomic E-state index is 0.0798. The molecule has 0 amide bonds. The lowest BCUT2D eigenvalue weighted by Gasteiger charge is -2.11. The maximum Gasteiger partial charge on any atom is 0.169 e. The van der Waals surface area contributed by atoms with Gasteiger partial charge in [0.1, 0.15) is 23.5 Å². The summed E-state index contributed by atoms with van der Waals surface area (Å²) in [4.78, 5) is 17.0. The zero-order valence-electron chi connectivity index (χ0n) is 9.14. The zero-order valence-corrected chi connectivity index (χ0v) is 10.6. The largest absolute Gasteiger partial charge is 0.389 e. The fourth-order valence-electron chi connectivity index (χ4n) is 2.41. The molecule has 0 unspecified atom stereocenters. The quantitative estimate of drug-likeness (QED) is 0.859. The maximum atomic E-state index is 11.9. The van der Waals surface area contributed by atoms with Gasteiger partial charge in [-0.15, -0.1) is 0 Å². The number of oxime groups is 1. The Kier molecular flexibility index (Phi) is 2.81. The van der Waals surface area contributed by atoms with Crippen molar-refractivity contribution in [2.75, 3.05) is 0 Å². The topological polar surface area (TPSA) is 58.9 Å². The summed E-state index contributed by atoms with van der Waals surface area (Å²) in [5.41, 5.74) is 0.924. The molecule has 3 rings (SSSR count). The van der Waals surface area contributed by atoms with E-state index in [1.807, 2.05) is 0 Å². The fourth-order valence-corrected chi connectivity index (χ4v) is 3.00. The molecule has 2 aliphatic rings. The Balaban J connectivity index is 2.06. The smallest absolute Gasteiger partial charge is 0.169 e. The Hall–Kier alpha value is -1.10. The Morgan fingerprint density at radius 2 is 2.00 bits per heavy atom. The summed E-state index contributed by atoms with van der Waals surface area (Å²) in [6, 6.07) is 5.07. The Morgan fingerprint density at radius 3 is 2.67 bits per heavy atom. The van der Waals surface area contributed by atoms with E-state index in [0.29, 0.717) is 21.3 Å². The maximum absolute atomic E-state index is 11.9. The van der Waals surface area contributed by atoms with Crippen LogP contribution in [0.2, 0.25) is 10.0 Å². The summed E-state index contributed by atoms with van der Waals surface area (Å²) in [7, 11) is 0. The van der Waals surface area contributed by atoms with Gasteiger partial charge in [-0.1, -0.05) is 34.4 Å². The monoisotopic (exact) mass is 285 g/mol. The van der Waals surface area contributed by atoms with E-state index in [1.54, 1.807) is 18.2 Å². The molecule has 1 fully saturated rings. The van der Waals surface area contributed by atoms with Crippen molar-refractivity contribution in [3.05, 3.63) is 33.8 Å². The average Bonchev–Trinajstić information content (AvgIpc) is 2.83. The predicted molar refractivity (Wildman–Crippen MR) is 67.0 cm³/mol. The van der Waals surface area contributed by atoms with Crippen LogP contribution in [0.25, 0.3) is 0 Å². The first-order chi connectivity index (χ1) is 8.59. The average molecular weight is 286 g/mol. The summed E-state index contributed by atoms with van der Waals surface area (Å²) in [6.07, 6.45) is -1.35. The summed E-state index contributed by atoms with van der Waals surface area (Å²) in [5.74, 6) is -0.669. The molecule has 1 N–H and O–H groups in total. The van der Waals surface area contributed by atoms with Crippen LogP contribution in [0.3, 0.4) is 0 Å². The summed E-state index contributed by atoms with van der Waals surface area (Å²) in [5, 5.41) is 14.4. The molecule has 6 heteroatoms. The molecular weight excluding hydrogens is 277 g/mol. The van der Waals surface area contributed by atoms with Crippen LogP contribution in [-0.2, 0) is 9.63 Å². The van der Waals surface area contributed by atoms with E-state index >= 15 is 0 Å². The molecule has 1 aromatic carbocycles. The van der Waals surface area contributed by atoms with E-state index in [2.05, 4.69) is 5.16 Å². The van der Waals surface area contributed by atoms with Gasteiger partial charge >= 0.3 is 0 Å². The number of halogens is 2. The van der Waals surface area contributed by atoms with Crippen molar-refractivity contribution >= 4 is 34.7 Å². The molecule has 0 saturated heterocycles. The molecule has 0 radical (unpaired) electrons. The molecule has 0 spiro atoms. The van der Waals surface area contributed by atoms with Gasteiger partial charge in [0.15, 0.2) is 6.10 Å². The number of hydrogen-bond acceptors (Lipinski definition) is 4. The lowest BCUT2D eigenvalue weighted by molar-refractivity contribution is -0.119. The minimum Gasteiger partial charge on any atom is -0.389 e. The van der Waals surface area contributed by atoms with E-state index in [4.69, 9.17) is 28.0 Å². The molecule has 1 saturated carbocycles. The highest BCUT2D eigenvalue weighted by Crippen LogP contribution is 2.37. The number of aliphatic hydroxyl groups excluding tert-OH is 1. The van der Waals surface area contributed by atoms with Gasteiger partial charge in [-0.3, -0.25) is 4.79 Å². The van der Waals surface area contributed by atoms with Crippen molar-refractivity contribution in [1.29, 1.82) is 0 Å². The molecule has 4 nitrogen and oxygen atoms in total. The van der Waals surface area contributed by atoms with Crippen molar-refractivity contribution in [2.24, 2.45) is 11.1 Å². The van der Waals surface area contributed by atoms with Crippen molar-refractivity contribution in [3.63, 3.8) is 0 Å². The highest BCUT2D eigenvalue weighted by atomic mass is 35.5. The molecule has 1 aliphatic carbocycles. The van der Waals surface area contributed by atoms with Crippen molar-refractivity contribution in [2.45, 2.75) is 18.6 Å². The van der Waals surface area contributed by atoms with Crippen LogP contribution in [0.4, 0.5) is 0 Å². The fraction of sp³-hybridized carbons (Fsp3) is 0.333. The first kappa shape index (κ1) is 12.0. The number of fused-ring (bicyclic) bond motifs is 1. The van der Waals surface area contributed by atoms with Crippen LogP contribution in [0.15, 0.2) is 23.4 Å². The van der Waals surface area contributed by atoms with Gasteiger partial charge in [-0.05, 0) is 12.1 Å². The summed E-state index contributed by atoms with van der Waals surface area (Å²) in [6.45, 7) is 0. The van der Waals surface area contributed by atoms with Gasteiger partial charge in [-0.2, -0.15) is 0 Å². The van der Waals surface area contributed by atoms with Crippen LogP contribution >= 0.6 is 23.2 Å². The van der Waals surface area contributed by atoms with Crippen LogP contribution in [0.1, 0.15) is 12.0 Å². The molecule has 94 valence electrons. The normalized spacial score (nSPS) is 30.1. The SMILES string of the molecule is O=C1C[C@@H](O)[C@@H]2ON=C(c3c(Cl)cccc3Cl)[C@H]12. The van der Waals surface area contributed by atoms with E-state index in [1.165, 1.54) is 0 Å². The Morgan fingerprint density at radius 1 is 1.33 bits per heavy atom. The number of nitrogens with zero attached hydrogens (tertiary/aromatic N) is 1. The number of carbonyl (C=O) groups is 1. The minimum atomic E-state index is -0.815. The van der Waals surface area contributed by atoms with Crippen molar-refractivity contribution in [1.82, 2.24) is 0 Å². The third-order valence-corrected chi connectivity index (χ3v) is 3.88. The van der Waals surface area contributed by atoms with E-state index < -0.39 is 18.1 Å². The number of aliphatic hydroxyl groups is 1. The molecule has 18 heavy (non-hydrogen) atoms. The van der Waals surface area contributed by atoms with E-state index in [9.17, 15) is 9.90 Å². The van der Waals surface area contributed by atoms with Crippen LogP contribution in [-0.4, -0.2) is 28.8 Å². The molecular formula is C12H9Cl2NO3. The van der Waals surface area contributed by atoms with Crippen molar-refractivity contribution < 1.29 is 14.7 Å². The number of rotatable bonds is 1. The Labute approximate surface area is 113 Å². The molecule has 1 heterocycles. The highest BCUT2D eigenvalue weighted by Gasteiger charge is 2.51. The second-order valence-electron chi connectivity index (χ2n) is 4.36. The molecule has 3 atom stereocenters. The van der Waals surface area contributed by atoms with Gasteiger partial charge in [0.2, 0.25) is 0 Å². The second kappa shape index (κ2) is 4.23. The van der Waals surface area contributed by atoms with Gasteiger partial charge in [0.05, 0.1) is 10.0 Å². The van der Waals surface area contributed by atoms with Gasteiger partial charge < -0.3 is 9.94 Å². The highest BCUT2D eigenvalue weighted by molar-refractivity contribution is 6.41.